The summed E-state index contributed by atoms with van der Waals surface area (Å²) >= 11 is 0. The number of sulfonamides is 1. The first-order chi connectivity index (χ1) is 13.3. The molecule has 0 saturated heterocycles. The Balaban J connectivity index is 2.14. The summed E-state index contributed by atoms with van der Waals surface area (Å²) in [6.07, 6.45) is 0. The van der Waals surface area contributed by atoms with E-state index < -0.39 is 21.8 Å². The lowest BCUT2D eigenvalue weighted by Gasteiger charge is -2.18. The lowest BCUT2D eigenvalue weighted by Crippen LogP contribution is -2.41. The van der Waals surface area contributed by atoms with Crippen molar-refractivity contribution in [2.75, 3.05) is 20.2 Å². The summed E-state index contributed by atoms with van der Waals surface area (Å²) in [4.78, 5) is 24.6. The number of rotatable bonds is 7. The van der Waals surface area contributed by atoms with E-state index in [2.05, 4.69) is 10.9 Å². The van der Waals surface area contributed by atoms with Gasteiger partial charge in [0.15, 0.2) is 0 Å². The normalized spacial score (nSPS) is 11.1. The van der Waals surface area contributed by atoms with Crippen LogP contribution in [0.3, 0.4) is 0 Å². The summed E-state index contributed by atoms with van der Waals surface area (Å²) < 4.78 is 31.6. The fourth-order valence-corrected chi connectivity index (χ4v) is 4.10. The van der Waals surface area contributed by atoms with Gasteiger partial charge in [0.25, 0.3) is 11.8 Å². The van der Waals surface area contributed by atoms with Crippen LogP contribution in [0.4, 0.5) is 0 Å². The van der Waals surface area contributed by atoms with Crippen molar-refractivity contribution >= 4 is 21.8 Å². The molecule has 2 rings (SSSR count). The average molecular weight is 405 g/mol. The molecule has 0 unspecified atom stereocenters. The topological polar surface area (TPSA) is 105 Å². The SMILES string of the molecule is CCN(CC)S(=O)(=O)c1cccc(C(=O)NNC(=O)c2ccccc2OC)c1. The maximum Gasteiger partial charge on any atom is 0.273 e. The minimum absolute atomic E-state index is 0.0138. The highest BCUT2D eigenvalue weighted by molar-refractivity contribution is 7.89. The molecule has 0 heterocycles. The van der Waals surface area contributed by atoms with Crippen molar-refractivity contribution in [2.24, 2.45) is 0 Å². The van der Waals surface area contributed by atoms with Gasteiger partial charge in [-0.05, 0) is 30.3 Å². The molecule has 2 aromatic rings. The van der Waals surface area contributed by atoms with Crippen LogP contribution in [0, 0.1) is 0 Å². The minimum atomic E-state index is -3.69. The number of carbonyl (C=O) groups excluding carboxylic acids is 2. The van der Waals surface area contributed by atoms with E-state index in [0.717, 1.165) is 0 Å². The Morgan fingerprint density at radius 1 is 0.964 bits per heavy atom. The molecule has 0 spiro atoms. The molecule has 2 aromatic carbocycles. The molecule has 0 fully saturated rings. The third kappa shape index (κ3) is 4.68. The van der Waals surface area contributed by atoms with Gasteiger partial charge in [0.05, 0.1) is 17.6 Å². The molecule has 150 valence electrons. The predicted octanol–water partition coefficient (Wildman–Crippen LogP) is 1.80. The lowest BCUT2D eigenvalue weighted by molar-refractivity contribution is 0.0845. The highest BCUT2D eigenvalue weighted by Crippen LogP contribution is 2.18. The first-order valence-corrected chi connectivity index (χ1v) is 10.1. The van der Waals surface area contributed by atoms with Crippen molar-refractivity contribution in [3.63, 3.8) is 0 Å². The van der Waals surface area contributed by atoms with Crippen LogP contribution in [0.2, 0.25) is 0 Å². The van der Waals surface area contributed by atoms with Crippen LogP contribution in [0.15, 0.2) is 53.4 Å². The van der Waals surface area contributed by atoms with E-state index >= 15 is 0 Å². The molecular weight excluding hydrogens is 382 g/mol. The predicted molar refractivity (Wildman–Crippen MR) is 104 cm³/mol. The van der Waals surface area contributed by atoms with Crippen LogP contribution in [0.1, 0.15) is 34.6 Å². The van der Waals surface area contributed by atoms with E-state index in [1.807, 2.05) is 0 Å². The largest absolute Gasteiger partial charge is 0.496 e. The summed E-state index contributed by atoms with van der Waals surface area (Å²) in [5.74, 6) is -0.834. The quantitative estimate of drug-likeness (QED) is 0.684. The van der Waals surface area contributed by atoms with Crippen LogP contribution in [0.5, 0.6) is 5.75 Å². The second kappa shape index (κ2) is 9.34. The fourth-order valence-electron chi connectivity index (χ4n) is 2.60. The Labute approximate surface area is 164 Å². The summed E-state index contributed by atoms with van der Waals surface area (Å²) in [5, 5.41) is 0. The average Bonchev–Trinajstić information content (AvgIpc) is 2.72. The zero-order valence-electron chi connectivity index (χ0n) is 15.9. The summed E-state index contributed by atoms with van der Waals surface area (Å²) in [5.41, 5.74) is 4.94. The van der Waals surface area contributed by atoms with Gasteiger partial charge < -0.3 is 4.74 Å². The number of nitrogens with zero attached hydrogens (tertiary/aromatic N) is 1. The van der Waals surface area contributed by atoms with Gasteiger partial charge in [0.1, 0.15) is 5.75 Å². The number of carbonyl (C=O) groups is 2. The summed E-state index contributed by atoms with van der Waals surface area (Å²) in [6, 6.07) is 12.2. The van der Waals surface area contributed by atoms with Crippen molar-refractivity contribution in [3.05, 3.63) is 59.7 Å². The molecule has 0 aliphatic heterocycles. The first kappa shape index (κ1) is 21.4. The van der Waals surface area contributed by atoms with Crippen molar-refractivity contribution < 1.29 is 22.7 Å². The minimum Gasteiger partial charge on any atom is -0.496 e. The lowest BCUT2D eigenvalue weighted by atomic mass is 10.2. The number of hydrogen-bond donors (Lipinski definition) is 2. The van der Waals surface area contributed by atoms with Crippen LogP contribution in [-0.2, 0) is 10.0 Å². The Hall–Kier alpha value is -2.91. The molecule has 9 heteroatoms. The maximum absolute atomic E-state index is 12.6. The van der Waals surface area contributed by atoms with Crippen LogP contribution in [0.25, 0.3) is 0 Å². The Morgan fingerprint density at radius 3 is 2.25 bits per heavy atom. The fraction of sp³-hybridized carbons (Fsp3) is 0.263. The first-order valence-electron chi connectivity index (χ1n) is 8.69. The van der Waals surface area contributed by atoms with Gasteiger partial charge in [-0.3, -0.25) is 20.4 Å². The van der Waals surface area contributed by atoms with Crippen molar-refractivity contribution in [3.8, 4) is 5.75 Å². The van der Waals surface area contributed by atoms with Gasteiger partial charge in [-0.25, -0.2) is 8.42 Å². The van der Waals surface area contributed by atoms with E-state index in [4.69, 9.17) is 4.74 Å². The van der Waals surface area contributed by atoms with Crippen molar-refractivity contribution in [1.29, 1.82) is 0 Å². The van der Waals surface area contributed by atoms with Gasteiger partial charge in [-0.2, -0.15) is 4.31 Å². The van der Waals surface area contributed by atoms with Crippen LogP contribution >= 0.6 is 0 Å². The number of nitrogens with one attached hydrogen (secondary N) is 2. The standard InChI is InChI=1S/C19H23N3O5S/c1-4-22(5-2)28(25,26)15-10-8-9-14(13-15)18(23)20-21-19(24)16-11-6-7-12-17(16)27-3/h6-13H,4-5H2,1-3H3,(H,20,23)(H,21,24). The maximum atomic E-state index is 12.6. The molecule has 0 saturated carbocycles. The molecule has 0 atom stereocenters. The molecule has 0 aliphatic rings. The molecule has 2 N–H and O–H groups in total. The smallest absolute Gasteiger partial charge is 0.273 e. The summed E-state index contributed by atoms with van der Waals surface area (Å²) in [7, 11) is -2.25. The molecule has 28 heavy (non-hydrogen) atoms. The van der Waals surface area contributed by atoms with Gasteiger partial charge in [-0.1, -0.05) is 32.0 Å². The van der Waals surface area contributed by atoms with E-state index in [1.54, 1.807) is 38.1 Å². The molecular formula is C19H23N3O5S. The van der Waals surface area contributed by atoms with E-state index in [1.165, 1.54) is 35.7 Å². The summed E-state index contributed by atoms with van der Waals surface area (Å²) in [6.45, 7) is 4.13. The highest BCUT2D eigenvalue weighted by atomic mass is 32.2. The number of benzene rings is 2. The van der Waals surface area contributed by atoms with Crippen LogP contribution in [-0.4, -0.2) is 44.7 Å². The monoisotopic (exact) mass is 405 g/mol. The zero-order chi connectivity index (χ0) is 20.7. The zero-order valence-corrected chi connectivity index (χ0v) is 16.7. The van der Waals surface area contributed by atoms with E-state index in [-0.39, 0.29) is 16.0 Å². The molecule has 2 amide bonds. The molecule has 0 aromatic heterocycles. The van der Waals surface area contributed by atoms with E-state index in [9.17, 15) is 18.0 Å². The number of hydrazine groups is 1. The highest BCUT2D eigenvalue weighted by Gasteiger charge is 2.22. The van der Waals surface area contributed by atoms with Gasteiger partial charge >= 0.3 is 0 Å². The number of hydrogen-bond acceptors (Lipinski definition) is 5. The second-order valence-corrected chi connectivity index (χ2v) is 7.66. The Kier molecular flexibility index (Phi) is 7.13. The molecule has 8 nitrogen and oxygen atoms in total. The number of ether oxygens (including phenoxy) is 1. The Bertz CT molecular complexity index is 956. The second-order valence-electron chi connectivity index (χ2n) is 5.73. The molecule has 0 radical (unpaired) electrons. The van der Waals surface area contributed by atoms with E-state index in [0.29, 0.717) is 18.8 Å². The third-order valence-electron chi connectivity index (χ3n) is 4.08. The molecule has 0 bridgehead atoms. The van der Waals surface area contributed by atoms with Gasteiger partial charge in [0, 0.05) is 18.7 Å². The molecule has 0 aliphatic carbocycles. The van der Waals surface area contributed by atoms with Gasteiger partial charge in [-0.15, -0.1) is 0 Å². The number of methoxy groups -OCH3 is 1. The van der Waals surface area contributed by atoms with Crippen molar-refractivity contribution in [2.45, 2.75) is 18.7 Å². The Morgan fingerprint density at radius 2 is 1.61 bits per heavy atom. The number of para-hydroxylation sites is 1. The van der Waals surface area contributed by atoms with Crippen molar-refractivity contribution in [1.82, 2.24) is 15.2 Å². The van der Waals surface area contributed by atoms with Gasteiger partial charge in [0.2, 0.25) is 10.0 Å². The van der Waals surface area contributed by atoms with Crippen LogP contribution < -0.4 is 15.6 Å². The third-order valence-corrected chi connectivity index (χ3v) is 6.13. The number of amides is 2.